The summed E-state index contributed by atoms with van der Waals surface area (Å²) in [7, 11) is 0. The van der Waals surface area contributed by atoms with Gasteiger partial charge in [-0.3, -0.25) is 0 Å². The second kappa shape index (κ2) is 5.37. The lowest BCUT2D eigenvalue weighted by atomic mass is 9.86. The lowest BCUT2D eigenvalue weighted by molar-refractivity contribution is 0.630. The monoisotopic (exact) mass is 271 g/mol. The molecule has 2 aromatic rings. The zero-order valence-corrected chi connectivity index (χ0v) is 12.9. The molecule has 0 saturated carbocycles. The zero-order chi connectivity index (χ0) is 15.0. The van der Waals surface area contributed by atoms with E-state index >= 15 is 0 Å². The molecule has 0 spiro atoms. The number of rotatable bonds is 2. The molecule has 1 nitrogen and oxygen atoms in total. The van der Waals surface area contributed by atoms with Crippen LogP contribution < -0.4 is 5.73 Å². The molecule has 0 aliphatic heterocycles. The molecule has 0 bridgehead atoms. The van der Waals surface area contributed by atoms with Gasteiger partial charge in [0.15, 0.2) is 0 Å². The van der Waals surface area contributed by atoms with E-state index in [2.05, 4.69) is 34.6 Å². The molecule has 0 aliphatic carbocycles. The van der Waals surface area contributed by atoms with Gasteiger partial charge >= 0.3 is 0 Å². The number of halogens is 1. The van der Waals surface area contributed by atoms with Crippen molar-refractivity contribution < 1.29 is 4.39 Å². The summed E-state index contributed by atoms with van der Waals surface area (Å²) in [5.74, 6) is -0.184. The van der Waals surface area contributed by atoms with Crippen LogP contribution in [-0.2, 0) is 6.54 Å². The minimum Gasteiger partial charge on any atom is -0.326 e. The zero-order valence-electron chi connectivity index (χ0n) is 12.9. The molecule has 0 heterocycles. The Morgan fingerprint density at radius 2 is 1.35 bits per heavy atom. The first-order valence-corrected chi connectivity index (χ1v) is 6.94. The fraction of sp³-hybridized carbons (Fsp3) is 0.333. The molecule has 0 radical (unpaired) electrons. The van der Waals surface area contributed by atoms with Gasteiger partial charge in [-0.1, -0.05) is 6.07 Å². The number of nitrogens with two attached hydrogens (primary N) is 1. The average Bonchev–Trinajstić information content (AvgIpc) is 2.45. The molecule has 0 unspecified atom stereocenters. The summed E-state index contributed by atoms with van der Waals surface area (Å²) in [5, 5.41) is 0. The van der Waals surface area contributed by atoms with Gasteiger partial charge in [-0.05, 0) is 85.7 Å². The van der Waals surface area contributed by atoms with E-state index in [1.54, 1.807) is 6.07 Å². The van der Waals surface area contributed by atoms with Crippen LogP contribution in [0.25, 0.3) is 11.1 Å². The van der Waals surface area contributed by atoms with Gasteiger partial charge in [0, 0.05) is 12.1 Å². The highest BCUT2D eigenvalue weighted by Gasteiger charge is 2.16. The van der Waals surface area contributed by atoms with Crippen molar-refractivity contribution in [2.45, 2.75) is 41.2 Å². The molecule has 0 saturated heterocycles. The van der Waals surface area contributed by atoms with Crippen molar-refractivity contribution in [1.29, 1.82) is 0 Å². The van der Waals surface area contributed by atoms with E-state index in [1.807, 2.05) is 6.07 Å². The summed E-state index contributed by atoms with van der Waals surface area (Å²) in [6.45, 7) is 10.9. The minimum absolute atomic E-state index is 0.184. The van der Waals surface area contributed by atoms with Crippen molar-refractivity contribution in [3.63, 3.8) is 0 Å². The molecule has 20 heavy (non-hydrogen) atoms. The standard InChI is InChI=1S/C18H22FN/c1-10-11(2)13(4)18(14(5)12(10)3)16-8-15(9-20)6-7-17(16)19/h6-8H,9,20H2,1-5H3. The van der Waals surface area contributed by atoms with Crippen molar-refractivity contribution in [1.82, 2.24) is 0 Å². The fourth-order valence-corrected chi connectivity index (χ4v) is 2.79. The highest BCUT2D eigenvalue weighted by atomic mass is 19.1. The van der Waals surface area contributed by atoms with Crippen molar-refractivity contribution >= 4 is 0 Å². The van der Waals surface area contributed by atoms with E-state index < -0.39 is 0 Å². The van der Waals surface area contributed by atoms with E-state index in [1.165, 1.54) is 22.8 Å². The van der Waals surface area contributed by atoms with Gasteiger partial charge in [-0.25, -0.2) is 4.39 Å². The maximum absolute atomic E-state index is 14.3. The maximum Gasteiger partial charge on any atom is 0.131 e. The Morgan fingerprint density at radius 3 is 1.85 bits per heavy atom. The Hall–Kier alpha value is -1.67. The van der Waals surface area contributed by atoms with E-state index in [9.17, 15) is 4.39 Å². The highest BCUT2D eigenvalue weighted by molar-refractivity contribution is 5.75. The van der Waals surface area contributed by atoms with Gasteiger partial charge < -0.3 is 5.73 Å². The third-order valence-corrected chi connectivity index (χ3v) is 4.54. The Balaban J connectivity index is 2.83. The number of benzene rings is 2. The van der Waals surface area contributed by atoms with Gasteiger partial charge in [-0.2, -0.15) is 0 Å². The second-order valence-electron chi connectivity index (χ2n) is 5.52. The fourth-order valence-electron chi connectivity index (χ4n) is 2.79. The van der Waals surface area contributed by atoms with Gasteiger partial charge in [0.25, 0.3) is 0 Å². The van der Waals surface area contributed by atoms with E-state index in [0.29, 0.717) is 12.1 Å². The van der Waals surface area contributed by atoms with Crippen molar-refractivity contribution in [2.75, 3.05) is 0 Å². The quantitative estimate of drug-likeness (QED) is 0.855. The van der Waals surface area contributed by atoms with Crippen LogP contribution in [0.2, 0.25) is 0 Å². The van der Waals surface area contributed by atoms with Crippen LogP contribution in [0.1, 0.15) is 33.4 Å². The lowest BCUT2D eigenvalue weighted by Gasteiger charge is -2.19. The Morgan fingerprint density at radius 1 is 0.850 bits per heavy atom. The van der Waals surface area contributed by atoms with Crippen molar-refractivity contribution in [3.8, 4) is 11.1 Å². The smallest absolute Gasteiger partial charge is 0.131 e. The van der Waals surface area contributed by atoms with Crippen molar-refractivity contribution in [3.05, 3.63) is 57.4 Å². The van der Waals surface area contributed by atoms with Gasteiger partial charge in [0.1, 0.15) is 5.82 Å². The molecular formula is C18H22FN. The normalized spacial score (nSPS) is 10.9. The van der Waals surface area contributed by atoms with Crippen LogP contribution in [0.4, 0.5) is 4.39 Å². The molecule has 106 valence electrons. The average molecular weight is 271 g/mol. The summed E-state index contributed by atoms with van der Waals surface area (Å²) < 4.78 is 14.3. The second-order valence-corrected chi connectivity index (χ2v) is 5.52. The summed E-state index contributed by atoms with van der Waals surface area (Å²) in [6.07, 6.45) is 0. The molecular weight excluding hydrogens is 249 g/mol. The third-order valence-electron chi connectivity index (χ3n) is 4.54. The largest absolute Gasteiger partial charge is 0.326 e. The Kier molecular flexibility index (Phi) is 3.96. The molecule has 2 aromatic carbocycles. The van der Waals surface area contributed by atoms with Crippen LogP contribution in [0.5, 0.6) is 0 Å². The van der Waals surface area contributed by atoms with Crippen LogP contribution >= 0.6 is 0 Å². The van der Waals surface area contributed by atoms with E-state index in [0.717, 1.165) is 22.3 Å². The van der Waals surface area contributed by atoms with Crippen LogP contribution in [0, 0.1) is 40.4 Å². The Bertz CT molecular complexity index is 643. The summed E-state index contributed by atoms with van der Waals surface area (Å²) in [5.41, 5.74) is 14.4. The molecule has 0 aromatic heterocycles. The summed E-state index contributed by atoms with van der Waals surface area (Å²) >= 11 is 0. The maximum atomic E-state index is 14.3. The van der Waals surface area contributed by atoms with Gasteiger partial charge in [-0.15, -0.1) is 0 Å². The van der Waals surface area contributed by atoms with E-state index in [-0.39, 0.29) is 5.82 Å². The van der Waals surface area contributed by atoms with Gasteiger partial charge in [0.05, 0.1) is 0 Å². The topological polar surface area (TPSA) is 26.0 Å². The molecule has 2 N–H and O–H groups in total. The Labute approximate surface area is 120 Å². The van der Waals surface area contributed by atoms with Crippen molar-refractivity contribution in [2.24, 2.45) is 5.73 Å². The number of hydrogen-bond donors (Lipinski definition) is 1. The molecule has 0 atom stereocenters. The molecule has 0 amide bonds. The van der Waals surface area contributed by atoms with E-state index in [4.69, 9.17) is 5.73 Å². The molecule has 0 aliphatic rings. The summed E-state index contributed by atoms with van der Waals surface area (Å²) in [4.78, 5) is 0. The molecule has 0 fully saturated rings. The lowest BCUT2D eigenvalue weighted by Crippen LogP contribution is -2.02. The highest BCUT2D eigenvalue weighted by Crippen LogP contribution is 2.35. The molecule has 2 rings (SSSR count). The first-order valence-electron chi connectivity index (χ1n) is 6.94. The summed E-state index contributed by atoms with van der Waals surface area (Å²) in [6, 6.07) is 5.14. The number of hydrogen-bond acceptors (Lipinski definition) is 1. The van der Waals surface area contributed by atoms with Crippen LogP contribution in [0.15, 0.2) is 18.2 Å². The third kappa shape index (κ3) is 2.25. The van der Waals surface area contributed by atoms with Crippen LogP contribution in [-0.4, -0.2) is 0 Å². The first-order chi connectivity index (χ1) is 9.38. The molecule has 2 heteroatoms. The predicted molar refractivity (Wildman–Crippen MR) is 83.4 cm³/mol. The first kappa shape index (κ1) is 14.7. The predicted octanol–water partition coefficient (Wildman–Crippen LogP) is 4.49. The minimum atomic E-state index is -0.184. The van der Waals surface area contributed by atoms with Gasteiger partial charge in [0.2, 0.25) is 0 Å². The van der Waals surface area contributed by atoms with Crippen LogP contribution in [0.3, 0.4) is 0 Å². The SMILES string of the molecule is Cc1c(C)c(C)c(-c2cc(CN)ccc2F)c(C)c1C.